The Morgan fingerprint density at radius 3 is 2.57 bits per heavy atom. The molecule has 140 valence electrons. The van der Waals surface area contributed by atoms with Crippen LogP contribution in [0, 0.1) is 0 Å². The van der Waals surface area contributed by atoms with Crippen LogP contribution in [0.2, 0.25) is 0 Å². The average molecular weight is 375 g/mol. The van der Waals surface area contributed by atoms with Gasteiger partial charge in [0.15, 0.2) is 5.65 Å². The van der Waals surface area contributed by atoms with Crippen molar-refractivity contribution in [3.63, 3.8) is 0 Å². The summed E-state index contributed by atoms with van der Waals surface area (Å²) in [4.78, 5) is 31.5. The second kappa shape index (κ2) is 7.03. The van der Waals surface area contributed by atoms with E-state index in [9.17, 15) is 14.7 Å². The number of aromatic amines is 1. The Morgan fingerprint density at radius 2 is 1.86 bits per heavy atom. The number of phenolic OH excluding ortho intramolecular Hbond substituents is 1. The van der Waals surface area contributed by atoms with Crippen LogP contribution in [-0.4, -0.2) is 26.8 Å². The summed E-state index contributed by atoms with van der Waals surface area (Å²) in [6, 6.07) is 17.5. The fraction of sp³-hybridized carbons (Fsp3) is 0.0952. The lowest BCUT2D eigenvalue weighted by atomic mass is 10.1. The molecule has 2 heterocycles. The zero-order valence-electron chi connectivity index (χ0n) is 15.0. The number of ether oxygens (including phenoxy) is 1. The van der Waals surface area contributed by atoms with Crippen molar-refractivity contribution >= 4 is 11.0 Å². The number of aromatic hydroxyl groups is 1. The normalized spacial score (nSPS) is 10.9. The minimum atomic E-state index is -0.537. The van der Waals surface area contributed by atoms with Gasteiger partial charge < -0.3 is 9.84 Å². The Hall–Kier alpha value is -3.87. The Bertz CT molecular complexity index is 1280. The number of nitrogens with one attached hydrogen (secondary N) is 1. The van der Waals surface area contributed by atoms with Crippen molar-refractivity contribution in [2.45, 2.75) is 6.54 Å². The molecule has 0 aliphatic heterocycles. The third-order valence-corrected chi connectivity index (χ3v) is 4.51. The molecule has 0 unspecified atom stereocenters. The van der Waals surface area contributed by atoms with Crippen LogP contribution in [-0.2, 0) is 6.54 Å². The van der Waals surface area contributed by atoms with E-state index in [1.165, 1.54) is 17.7 Å². The second-order valence-electron chi connectivity index (χ2n) is 6.28. The molecule has 2 aromatic carbocycles. The molecular weight excluding hydrogens is 358 g/mol. The highest BCUT2D eigenvalue weighted by molar-refractivity contribution is 5.79. The first-order valence-corrected chi connectivity index (χ1v) is 8.62. The van der Waals surface area contributed by atoms with Crippen molar-refractivity contribution in [3.8, 4) is 22.8 Å². The molecule has 4 rings (SSSR count). The molecule has 0 aliphatic carbocycles. The SMILES string of the molecule is COc1ccc(-c2ccc3c(=O)[nH]c(=O)n(Cc4ccccc4)c3n2)c(O)c1. The number of hydrogen-bond donors (Lipinski definition) is 2. The molecule has 0 radical (unpaired) electrons. The summed E-state index contributed by atoms with van der Waals surface area (Å²) in [6.07, 6.45) is 0. The average Bonchev–Trinajstić information content (AvgIpc) is 2.71. The molecule has 0 saturated carbocycles. The predicted molar refractivity (Wildman–Crippen MR) is 106 cm³/mol. The van der Waals surface area contributed by atoms with E-state index in [0.717, 1.165) is 5.56 Å². The van der Waals surface area contributed by atoms with Gasteiger partial charge in [0.1, 0.15) is 11.5 Å². The van der Waals surface area contributed by atoms with Gasteiger partial charge in [-0.3, -0.25) is 14.3 Å². The molecule has 0 amide bonds. The minimum absolute atomic E-state index is 0.00648. The zero-order chi connectivity index (χ0) is 19.7. The molecule has 0 aliphatic rings. The van der Waals surface area contributed by atoms with Gasteiger partial charge in [0.25, 0.3) is 5.56 Å². The molecule has 7 nitrogen and oxygen atoms in total. The monoisotopic (exact) mass is 375 g/mol. The molecule has 2 aromatic heterocycles. The van der Waals surface area contributed by atoms with Gasteiger partial charge in [0.05, 0.1) is 24.7 Å². The van der Waals surface area contributed by atoms with E-state index in [1.807, 2.05) is 30.3 Å². The molecule has 7 heteroatoms. The van der Waals surface area contributed by atoms with Crippen LogP contribution in [0.4, 0.5) is 0 Å². The van der Waals surface area contributed by atoms with E-state index in [1.54, 1.807) is 24.3 Å². The Kier molecular flexibility index (Phi) is 4.41. The molecule has 0 fully saturated rings. The molecule has 2 N–H and O–H groups in total. The first kappa shape index (κ1) is 17.5. The van der Waals surface area contributed by atoms with Gasteiger partial charge >= 0.3 is 5.69 Å². The van der Waals surface area contributed by atoms with E-state index in [4.69, 9.17) is 4.74 Å². The molecule has 0 spiro atoms. The summed E-state index contributed by atoms with van der Waals surface area (Å²) < 4.78 is 6.51. The van der Waals surface area contributed by atoms with Crippen LogP contribution in [0.25, 0.3) is 22.3 Å². The zero-order valence-corrected chi connectivity index (χ0v) is 15.0. The highest BCUT2D eigenvalue weighted by Crippen LogP contribution is 2.31. The van der Waals surface area contributed by atoms with Gasteiger partial charge in [-0.1, -0.05) is 30.3 Å². The number of fused-ring (bicyclic) bond motifs is 1. The summed E-state index contributed by atoms with van der Waals surface area (Å²) in [6.45, 7) is 0.262. The summed E-state index contributed by atoms with van der Waals surface area (Å²) in [5.74, 6) is 0.507. The quantitative estimate of drug-likeness (QED) is 0.571. The van der Waals surface area contributed by atoms with Crippen molar-refractivity contribution in [1.82, 2.24) is 14.5 Å². The lowest BCUT2D eigenvalue weighted by molar-refractivity contribution is 0.408. The lowest BCUT2D eigenvalue weighted by Gasteiger charge is -2.11. The van der Waals surface area contributed by atoms with E-state index < -0.39 is 11.2 Å². The van der Waals surface area contributed by atoms with Crippen LogP contribution < -0.4 is 16.0 Å². The molecule has 0 saturated heterocycles. The fourth-order valence-corrected chi connectivity index (χ4v) is 3.08. The number of phenols is 1. The van der Waals surface area contributed by atoms with E-state index in [2.05, 4.69) is 9.97 Å². The highest BCUT2D eigenvalue weighted by Gasteiger charge is 2.13. The van der Waals surface area contributed by atoms with Crippen molar-refractivity contribution < 1.29 is 9.84 Å². The maximum Gasteiger partial charge on any atom is 0.330 e. The number of pyridine rings is 1. The van der Waals surface area contributed by atoms with Gasteiger partial charge in [-0.15, -0.1) is 0 Å². The summed E-state index contributed by atoms with van der Waals surface area (Å²) in [7, 11) is 1.51. The summed E-state index contributed by atoms with van der Waals surface area (Å²) in [5.41, 5.74) is 1.04. The van der Waals surface area contributed by atoms with Crippen LogP contribution >= 0.6 is 0 Å². The summed E-state index contributed by atoms with van der Waals surface area (Å²) >= 11 is 0. The first-order chi connectivity index (χ1) is 13.6. The van der Waals surface area contributed by atoms with Gasteiger partial charge in [-0.2, -0.15) is 0 Å². The molecular formula is C21H17N3O4. The Morgan fingerprint density at radius 1 is 1.07 bits per heavy atom. The number of benzene rings is 2. The van der Waals surface area contributed by atoms with Crippen molar-refractivity contribution in [2.75, 3.05) is 7.11 Å². The van der Waals surface area contributed by atoms with Gasteiger partial charge in [-0.25, -0.2) is 9.78 Å². The van der Waals surface area contributed by atoms with E-state index in [-0.39, 0.29) is 17.9 Å². The molecule has 4 aromatic rings. The Labute approximate surface area is 159 Å². The number of hydrogen-bond acceptors (Lipinski definition) is 5. The maximum absolute atomic E-state index is 12.5. The van der Waals surface area contributed by atoms with Crippen LogP contribution in [0.1, 0.15) is 5.56 Å². The second-order valence-corrected chi connectivity index (χ2v) is 6.28. The number of H-pyrrole nitrogens is 1. The number of rotatable bonds is 4. The lowest BCUT2D eigenvalue weighted by Crippen LogP contribution is -2.31. The third kappa shape index (κ3) is 3.14. The minimum Gasteiger partial charge on any atom is -0.507 e. The first-order valence-electron chi connectivity index (χ1n) is 8.62. The van der Waals surface area contributed by atoms with Gasteiger partial charge in [0, 0.05) is 11.6 Å². The van der Waals surface area contributed by atoms with Crippen molar-refractivity contribution in [1.29, 1.82) is 0 Å². The molecule has 28 heavy (non-hydrogen) atoms. The highest BCUT2D eigenvalue weighted by atomic mass is 16.5. The number of methoxy groups -OCH3 is 1. The standard InChI is InChI=1S/C21H17N3O4/c1-28-14-7-8-15(18(25)11-14)17-10-9-16-19(22-17)24(21(27)23-20(16)26)12-13-5-3-2-4-6-13/h2-11,25H,12H2,1H3,(H,23,26,27). The smallest absolute Gasteiger partial charge is 0.330 e. The Balaban J connectivity index is 1.92. The van der Waals surface area contributed by atoms with Crippen LogP contribution in [0.15, 0.2) is 70.3 Å². The van der Waals surface area contributed by atoms with Crippen molar-refractivity contribution in [2.24, 2.45) is 0 Å². The van der Waals surface area contributed by atoms with Crippen LogP contribution in [0.5, 0.6) is 11.5 Å². The number of aromatic nitrogens is 3. The van der Waals surface area contributed by atoms with Crippen molar-refractivity contribution in [3.05, 3.63) is 87.1 Å². The maximum atomic E-state index is 12.5. The topological polar surface area (TPSA) is 97.2 Å². The van der Waals surface area contributed by atoms with Crippen LogP contribution in [0.3, 0.4) is 0 Å². The molecule has 0 bridgehead atoms. The largest absolute Gasteiger partial charge is 0.507 e. The predicted octanol–water partition coefficient (Wildman–Crippen LogP) is 2.51. The van der Waals surface area contributed by atoms with Gasteiger partial charge in [0.2, 0.25) is 0 Å². The summed E-state index contributed by atoms with van der Waals surface area (Å²) in [5, 5.41) is 10.6. The number of nitrogens with zero attached hydrogens (tertiary/aromatic N) is 2. The third-order valence-electron chi connectivity index (χ3n) is 4.51. The van der Waals surface area contributed by atoms with E-state index in [0.29, 0.717) is 22.4 Å². The van der Waals surface area contributed by atoms with Gasteiger partial charge in [-0.05, 0) is 29.8 Å². The van der Waals surface area contributed by atoms with E-state index >= 15 is 0 Å². The fourth-order valence-electron chi connectivity index (χ4n) is 3.08. The molecule has 0 atom stereocenters.